The van der Waals surface area contributed by atoms with Gasteiger partial charge in [-0.05, 0) is 114 Å². The molecule has 16 heteroatoms. The first kappa shape index (κ1) is 45.5. The van der Waals surface area contributed by atoms with Crippen LogP contribution in [0.3, 0.4) is 0 Å². The zero-order valence-corrected chi connectivity index (χ0v) is 38.5. The number of nitriles is 1. The quantitative estimate of drug-likeness (QED) is 0.108. The number of sulfonamides is 1. The van der Waals surface area contributed by atoms with Gasteiger partial charge in [0.25, 0.3) is 10.0 Å². The molecule has 66 heavy (non-hydrogen) atoms. The highest BCUT2D eigenvalue weighted by Gasteiger charge is 2.43. The lowest BCUT2D eigenvalue weighted by atomic mass is 9.93. The van der Waals surface area contributed by atoms with Crippen molar-refractivity contribution in [3.05, 3.63) is 153 Å². The highest BCUT2D eigenvalue weighted by atomic mass is 32.2. The molecular weight excluding hydrogens is 879 g/mol. The van der Waals surface area contributed by atoms with Crippen molar-refractivity contribution in [2.24, 2.45) is 0 Å². The SMILES string of the molecule is COC(=O)[C@H](Cc1ccc(-c2ccc(C#N)cc2)cc1)NC(=O)C1Cc2cc3c(cc2CN1S(=O)(=O)c1sc(NC(C)=O)nc1C)O[C@@H](c1ccc(OCc2ccc(C)c(C)c2)cc1)CO3. The Balaban J connectivity index is 1.04. The number of benzene rings is 5. The van der Waals surface area contributed by atoms with E-state index in [1.165, 1.54) is 32.1 Å². The van der Waals surface area contributed by atoms with Crippen LogP contribution in [-0.2, 0) is 55.1 Å². The molecule has 8 rings (SSSR count). The van der Waals surface area contributed by atoms with Crippen molar-refractivity contribution < 1.29 is 41.7 Å². The number of nitrogens with one attached hydrogen (secondary N) is 2. The van der Waals surface area contributed by atoms with Gasteiger partial charge in [-0.25, -0.2) is 18.2 Å². The summed E-state index contributed by atoms with van der Waals surface area (Å²) >= 11 is 0.787. The molecule has 0 saturated heterocycles. The second-order valence-electron chi connectivity index (χ2n) is 16.3. The smallest absolute Gasteiger partial charge is 0.328 e. The van der Waals surface area contributed by atoms with Crippen molar-refractivity contribution in [3.63, 3.8) is 0 Å². The van der Waals surface area contributed by atoms with Gasteiger partial charge in [-0.1, -0.05) is 78.1 Å². The van der Waals surface area contributed by atoms with Crippen LogP contribution in [0.4, 0.5) is 5.13 Å². The van der Waals surface area contributed by atoms with Crippen molar-refractivity contribution in [2.75, 3.05) is 19.0 Å². The van der Waals surface area contributed by atoms with E-state index in [1.54, 1.807) is 24.3 Å². The normalized spacial score (nSPS) is 16.0. The van der Waals surface area contributed by atoms with E-state index in [9.17, 15) is 28.1 Å². The third-order valence-electron chi connectivity index (χ3n) is 11.7. The van der Waals surface area contributed by atoms with Crippen molar-refractivity contribution in [1.82, 2.24) is 14.6 Å². The molecule has 14 nitrogen and oxygen atoms in total. The number of amides is 2. The number of carbonyl (C=O) groups is 3. The van der Waals surface area contributed by atoms with Crippen LogP contribution in [0, 0.1) is 32.1 Å². The Kier molecular flexibility index (Phi) is 13.2. The molecule has 6 aromatic rings. The van der Waals surface area contributed by atoms with Gasteiger partial charge in [-0.3, -0.25) is 9.59 Å². The molecule has 2 amide bonds. The van der Waals surface area contributed by atoms with Crippen LogP contribution in [-0.4, -0.2) is 61.3 Å². The molecule has 5 aromatic carbocycles. The highest BCUT2D eigenvalue weighted by Crippen LogP contribution is 2.42. The van der Waals surface area contributed by atoms with E-state index >= 15 is 0 Å². The molecule has 0 radical (unpaired) electrons. The summed E-state index contributed by atoms with van der Waals surface area (Å²) in [4.78, 5) is 43.9. The molecule has 0 bridgehead atoms. The third kappa shape index (κ3) is 9.93. The molecule has 338 valence electrons. The largest absolute Gasteiger partial charge is 0.489 e. The fraction of sp³-hybridized carbons (Fsp3) is 0.260. The van der Waals surface area contributed by atoms with Crippen LogP contribution >= 0.6 is 11.3 Å². The monoisotopic (exact) mass is 925 g/mol. The lowest BCUT2D eigenvalue weighted by Crippen LogP contribution is -2.56. The van der Waals surface area contributed by atoms with Crippen molar-refractivity contribution >= 4 is 44.3 Å². The molecule has 3 heterocycles. The standard InChI is InChI=1S/C50H47N5O9S2/c1-29-6-7-35(20-30(29)2)27-62-41-18-16-38(17-19-41)46-28-63-44-23-39-22-43(55(26-40(39)24-45(44)64-46)66(59,60)49-31(3)52-50(65-49)53-32(4)56)47(57)54-42(48(58)61-5)21-33-8-12-36(13-9-33)37-14-10-34(25-51)11-15-37/h6-20,23-24,42-43,46H,21-22,26-28H2,1-5H3,(H,54,57)(H,52,53,56)/t42-,43?,46+/m0/s1. The number of thiazole rings is 1. The second kappa shape index (κ2) is 19.2. The van der Waals surface area contributed by atoms with Crippen molar-refractivity contribution in [2.45, 2.75) is 76.1 Å². The van der Waals surface area contributed by atoms with Gasteiger partial charge in [0.1, 0.15) is 31.0 Å². The first-order valence-corrected chi connectivity index (χ1v) is 23.4. The number of nitrogens with zero attached hydrogens (tertiary/aromatic N) is 3. The van der Waals surface area contributed by atoms with Gasteiger partial charge < -0.3 is 29.6 Å². The number of ether oxygens (including phenoxy) is 4. The number of hydrogen-bond acceptors (Lipinski definition) is 12. The average Bonchev–Trinajstić information content (AvgIpc) is 3.70. The first-order valence-electron chi connectivity index (χ1n) is 21.2. The predicted octanol–water partition coefficient (Wildman–Crippen LogP) is 7.67. The topological polar surface area (TPSA) is 186 Å². The molecule has 0 saturated carbocycles. The number of esters is 1. The Hall–Kier alpha value is -7.06. The maximum absolute atomic E-state index is 14.7. The summed E-state index contributed by atoms with van der Waals surface area (Å²) in [5.74, 6) is -0.276. The molecule has 2 aliphatic rings. The summed E-state index contributed by atoms with van der Waals surface area (Å²) in [7, 11) is -3.23. The van der Waals surface area contributed by atoms with Crippen LogP contribution in [0.15, 0.2) is 107 Å². The van der Waals surface area contributed by atoms with Crippen LogP contribution in [0.2, 0.25) is 0 Å². The van der Waals surface area contributed by atoms with Crippen LogP contribution in [0.1, 0.15) is 63.2 Å². The summed E-state index contributed by atoms with van der Waals surface area (Å²) in [5, 5.41) is 14.6. The van der Waals surface area contributed by atoms with E-state index in [-0.39, 0.29) is 41.0 Å². The number of fused-ring (bicyclic) bond motifs is 2. The van der Waals surface area contributed by atoms with Gasteiger partial charge in [-0.2, -0.15) is 9.57 Å². The average molecular weight is 926 g/mol. The molecule has 3 atom stereocenters. The first-order chi connectivity index (χ1) is 31.7. The highest BCUT2D eigenvalue weighted by molar-refractivity contribution is 7.91. The Labute approximate surface area is 387 Å². The van der Waals surface area contributed by atoms with Gasteiger partial charge in [0, 0.05) is 19.9 Å². The minimum atomic E-state index is -4.45. The minimum Gasteiger partial charge on any atom is -0.489 e. The third-order valence-corrected chi connectivity index (χ3v) is 15.2. The Morgan fingerprint density at radius 2 is 1.58 bits per heavy atom. The minimum absolute atomic E-state index is 0.0545. The van der Waals surface area contributed by atoms with Gasteiger partial charge >= 0.3 is 5.97 Å². The Morgan fingerprint density at radius 1 is 0.894 bits per heavy atom. The number of rotatable bonds is 13. The van der Waals surface area contributed by atoms with E-state index < -0.39 is 46.0 Å². The predicted molar refractivity (Wildman–Crippen MR) is 248 cm³/mol. The van der Waals surface area contributed by atoms with Crippen LogP contribution < -0.4 is 24.8 Å². The lowest BCUT2D eigenvalue weighted by Gasteiger charge is -2.36. The molecule has 1 unspecified atom stereocenters. The number of carbonyl (C=O) groups excluding carboxylic acids is 3. The molecule has 2 aliphatic heterocycles. The second-order valence-corrected chi connectivity index (χ2v) is 19.4. The maximum Gasteiger partial charge on any atom is 0.328 e. The zero-order valence-electron chi connectivity index (χ0n) is 36.9. The Bertz CT molecular complexity index is 2970. The van der Waals surface area contributed by atoms with E-state index in [0.29, 0.717) is 46.1 Å². The summed E-state index contributed by atoms with van der Waals surface area (Å²) < 4.78 is 54.3. The number of anilines is 1. The zero-order chi connectivity index (χ0) is 46.7. The summed E-state index contributed by atoms with van der Waals surface area (Å²) in [6, 6.07) is 31.6. The molecular formula is C50H47N5O9S2. The number of aromatic nitrogens is 1. The maximum atomic E-state index is 14.7. The molecule has 0 fully saturated rings. The fourth-order valence-corrected chi connectivity index (χ4v) is 11.1. The summed E-state index contributed by atoms with van der Waals surface area (Å²) in [5.41, 5.74) is 8.82. The number of methoxy groups -OCH3 is 1. The number of aryl methyl sites for hydroxylation is 3. The fourth-order valence-electron chi connectivity index (χ4n) is 7.95. The van der Waals surface area contributed by atoms with E-state index in [0.717, 1.165) is 37.9 Å². The van der Waals surface area contributed by atoms with Crippen molar-refractivity contribution in [3.8, 4) is 34.4 Å². The lowest BCUT2D eigenvalue weighted by molar-refractivity contribution is -0.145. The summed E-state index contributed by atoms with van der Waals surface area (Å²) in [6.45, 7) is 7.37. The van der Waals surface area contributed by atoms with Crippen LogP contribution in [0.5, 0.6) is 17.2 Å². The molecule has 0 aliphatic carbocycles. The van der Waals surface area contributed by atoms with Gasteiger partial charge in [0.2, 0.25) is 11.8 Å². The van der Waals surface area contributed by atoms with E-state index in [4.69, 9.17) is 18.9 Å². The Morgan fingerprint density at radius 3 is 2.24 bits per heavy atom. The van der Waals surface area contributed by atoms with Crippen LogP contribution in [0.25, 0.3) is 11.1 Å². The molecule has 0 spiro atoms. The van der Waals surface area contributed by atoms with E-state index in [2.05, 4.69) is 53.7 Å². The van der Waals surface area contributed by atoms with Gasteiger partial charge in [-0.15, -0.1) is 0 Å². The molecule has 2 N–H and O–H groups in total. The number of hydrogen-bond donors (Lipinski definition) is 2. The van der Waals surface area contributed by atoms with Crippen molar-refractivity contribution in [1.29, 1.82) is 5.26 Å². The van der Waals surface area contributed by atoms with Gasteiger partial charge in [0.15, 0.2) is 26.9 Å². The van der Waals surface area contributed by atoms with E-state index in [1.807, 2.05) is 60.7 Å². The van der Waals surface area contributed by atoms with Gasteiger partial charge in [0.05, 0.1) is 24.4 Å². The summed E-state index contributed by atoms with van der Waals surface area (Å²) in [6.07, 6.45) is -0.479. The molecule has 1 aromatic heterocycles.